The lowest BCUT2D eigenvalue weighted by Gasteiger charge is -2.24. The molecular formula is C18H26N2O6S. The van der Waals surface area contributed by atoms with Crippen LogP contribution in [0.15, 0.2) is 29.2 Å². The molecule has 0 spiro atoms. The van der Waals surface area contributed by atoms with Gasteiger partial charge in [-0.15, -0.1) is 0 Å². The summed E-state index contributed by atoms with van der Waals surface area (Å²) >= 11 is 0. The molecule has 0 saturated carbocycles. The van der Waals surface area contributed by atoms with Crippen molar-refractivity contribution < 1.29 is 27.6 Å². The topological polar surface area (TPSA) is 93.2 Å². The first kappa shape index (κ1) is 21.3. The fraction of sp³-hybridized carbons (Fsp3) is 0.556. The zero-order chi connectivity index (χ0) is 19.9. The minimum absolute atomic E-state index is 0.0565. The van der Waals surface area contributed by atoms with Crippen molar-refractivity contribution in [3.63, 3.8) is 0 Å². The van der Waals surface area contributed by atoms with E-state index >= 15 is 0 Å². The highest BCUT2D eigenvalue weighted by Crippen LogP contribution is 2.17. The maximum absolute atomic E-state index is 12.3. The van der Waals surface area contributed by atoms with E-state index in [1.165, 1.54) is 44.8 Å². The molecule has 150 valence electrons. The zero-order valence-corrected chi connectivity index (χ0v) is 16.5. The summed E-state index contributed by atoms with van der Waals surface area (Å²) in [4.78, 5) is 30.9. The van der Waals surface area contributed by atoms with E-state index < -0.39 is 16.0 Å². The lowest BCUT2D eigenvalue weighted by molar-refractivity contribution is -0.134. The van der Waals surface area contributed by atoms with E-state index in [0.717, 1.165) is 25.7 Å². The van der Waals surface area contributed by atoms with Gasteiger partial charge < -0.3 is 9.64 Å². The number of carbonyl (C=O) groups excluding carboxylic acids is 2. The molecule has 0 aliphatic carbocycles. The van der Waals surface area contributed by atoms with Crippen molar-refractivity contribution in [3.8, 4) is 0 Å². The predicted octanol–water partition coefficient (Wildman–Crippen LogP) is 1.82. The first-order valence-corrected chi connectivity index (χ1v) is 10.4. The molecule has 1 aliphatic heterocycles. The molecule has 0 aromatic heterocycles. The highest BCUT2D eigenvalue weighted by molar-refractivity contribution is 7.89. The third-order valence-corrected chi connectivity index (χ3v) is 6.17. The van der Waals surface area contributed by atoms with Crippen LogP contribution in [0.1, 0.15) is 42.5 Å². The van der Waals surface area contributed by atoms with Crippen LogP contribution in [-0.2, 0) is 24.4 Å². The summed E-state index contributed by atoms with van der Waals surface area (Å²) in [6, 6.07) is 5.43. The minimum atomic E-state index is -3.87. The average molecular weight is 398 g/mol. The van der Waals surface area contributed by atoms with Gasteiger partial charge in [-0.25, -0.2) is 13.2 Å². The maximum Gasteiger partial charge on any atom is 0.338 e. The lowest BCUT2D eigenvalue weighted by atomic mass is 10.1. The number of carbonyl (C=O) groups is 2. The second-order valence-corrected chi connectivity index (χ2v) is 8.29. The first-order valence-electron chi connectivity index (χ1n) is 8.94. The Labute approximate surface area is 160 Å². The van der Waals surface area contributed by atoms with E-state index in [1.54, 1.807) is 4.90 Å². The van der Waals surface area contributed by atoms with Crippen LogP contribution in [0.5, 0.6) is 0 Å². The first-order chi connectivity index (χ1) is 12.9. The molecule has 0 radical (unpaired) electrons. The third kappa shape index (κ3) is 5.75. The Balaban J connectivity index is 1.99. The summed E-state index contributed by atoms with van der Waals surface area (Å²) in [5, 5.41) is 0. The quantitative estimate of drug-likeness (QED) is 0.536. The van der Waals surface area contributed by atoms with Gasteiger partial charge in [-0.2, -0.15) is 0 Å². The molecule has 8 nitrogen and oxygen atoms in total. The summed E-state index contributed by atoms with van der Waals surface area (Å²) in [6.07, 6.45) is 5.29. The summed E-state index contributed by atoms with van der Waals surface area (Å²) in [6.45, 7) is 0.995. The zero-order valence-electron chi connectivity index (χ0n) is 15.7. The number of esters is 1. The summed E-state index contributed by atoms with van der Waals surface area (Å²) in [7, 11) is -1.39. The summed E-state index contributed by atoms with van der Waals surface area (Å²) in [5.41, 5.74) is 0.0565. The maximum atomic E-state index is 12.3. The number of rotatable bonds is 6. The molecule has 0 bridgehead atoms. The predicted molar refractivity (Wildman–Crippen MR) is 98.3 cm³/mol. The van der Waals surface area contributed by atoms with Crippen LogP contribution >= 0.6 is 0 Å². The number of benzene rings is 1. The Morgan fingerprint density at radius 3 is 2.37 bits per heavy atom. The van der Waals surface area contributed by atoms with E-state index in [0.29, 0.717) is 17.6 Å². The van der Waals surface area contributed by atoms with Crippen LogP contribution in [-0.4, -0.2) is 63.5 Å². The van der Waals surface area contributed by atoms with E-state index in [1.807, 2.05) is 0 Å². The molecular weight excluding hydrogens is 372 g/mol. The van der Waals surface area contributed by atoms with Gasteiger partial charge in [0.15, 0.2) is 6.61 Å². The molecule has 1 aromatic rings. The number of sulfonamides is 1. The van der Waals surface area contributed by atoms with Gasteiger partial charge in [0.2, 0.25) is 0 Å². The molecule has 1 aromatic carbocycles. The van der Waals surface area contributed by atoms with Crippen LogP contribution in [0.3, 0.4) is 0 Å². The van der Waals surface area contributed by atoms with Gasteiger partial charge in [0, 0.05) is 20.1 Å². The molecule has 0 unspecified atom stereocenters. The molecule has 2 rings (SSSR count). The number of nitrogens with zero attached hydrogens (tertiary/aromatic N) is 2. The normalized spacial score (nSPS) is 15.9. The van der Waals surface area contributed by atoms with Crippen LogP contribution in [0, 0.1) is 0 Å². The largest absolute Gasteiger partial charge is 0.452 e. The van der Waals surface area contributed by atoms with Crippen molar-refractivity contribution in [3.05, 3.63) is 29.8 Å². The molecule has 1 heterocycles. The van der Waals surface area contributed by atoms with E-state index in [4.69, 9.17) is 9.57 Å². The Morgan fingerprint density at radius 2 is 1.74 bits per heavy atom. The average Bonchev–Trinajstić information content (AvgIpc) is 2.65. The van der Waals surface area contributed by atoms with Crippen molar-refractivity contribution >= 4 is 21.9 Å². The van der Waals surface area contributed by atoms with Gasteiger partial charge in [0.25, 0.3) is 15.9 Å². The molecule has 1 aliphatic rings. The minimum Gasteiger partial charge on any atom is -0.452 e. The molecule has 0 atom stereocenters. The van der Waals surface area contributed by atoms with Gasteiger partial charge in [-0.05, 0) is 31.0 Å². The number of hydrogen-bond donors (Lipinski definition) is 0. The number of ether oxygens (including phenoxy) is 1. The SMILES string of the molecule is CON(C)S(=O)(=O)c1cccc(C(=O)OCC(=O)N2CCCCCCC2)c1. The fourth-order valence-electron chi connectivity index (χ4n) is 2.83. The Bertz CT molecular complexity index is 757. The molecule has 1 fully saturated rings. The van der Waals surface area contributed by atoms with Gasteiger partial charge in [0.1, 0.15) is 0 Å². The lowest BCUT2D eigenvalue weighted by Crippen LogP contribution is -2.37. The van der Waals surface area contributed by atoms with Crippen LogP contribution in [0.4, 0.5) is 0 Å². The van der Waals surface area contributed by atoms with Gasteiger partial charge in [-0.3, -0.25) is 9.63 Å². The second kappa shape index (κ2) is 9.82. The summed E-state index contributed by atoms with van der Waals surface area (Å²) in [5.74, 6) is -0.972. The van der Waals surface area contributed by atoms with Crippen molar-refractivity contribution in [2.24, 2.45) is 0 Å². The number of hydrogen-bond acceptors (Lipinski definition) is 6. The summed E-state index contributed by atoms with van der Waals surface area (Å²) < 4.78 is 30.3. The number of hydroxylamine groups is 1. The fourth-order valence-corrected chi connectivity index (χ4v) is 3.85. The molecule has 0 N–H and O–H groups in total. The molecule has 1 amide bonds. The van der Waals surface area contributed by atoms with Crippen molar-refractivity contribution in [2.75, 3.05) is 33.9 Å². The van der Waals surface area contributed by atoms with Crippen molar-refractivity contribution in [2.45, 2.75) is 37.0 Å². The number of amides is 1. The van der Waals surface area contributed by atoms with Crippen LogP contribution in [0.2, 0.25) is 0 Å². The Morgan fingerprint density at radius 1 is 1.11 bits per heavy atom. The molecule has 9 heteroatoms. The van der Waals surface area contributed by atoms with E-state index in [-0.39, 0.29) is 23.0 Å². The van der Waals surface area contributed by atoms with Crippen LogP contribution < -0.4 is 0 Å². The van der Waals surface area contributed by atoms with Crippen molar-refractivity contribution in [1.82, 2.24) is 9.37 Å². The smallest absolute Gasteiger partial charge is 0.338 e. The highest BCUT2D eigenvalue weighted by atomic mass is 32.2. The Hall–Kier alpha value is -1.97. The van der Waals surface area contributed by atoms with E-state index in [2.05, 4.69) is 0 Å². The highest BCUT2D eigenvalue weighted by Gasteiger charge is 2.23. The third-order valence-electron chi connectivity index (χ3n) is 4.50. The number of likely N-dealkylation sites (tertiary alicyclic amines) is 1. The standard InChI is InChI=1S/C18H26N2O6S/c1-19(25-2)27(23,24)16-10-8-9-15(13-16)18(22)26-14-17(21)20-11-6-4-3-5-7-12-20/h8-10,13H,3-7,11-12,14H2,1-2H3. The Kier molecular flexibility index (Phi) is 7.76. The van der Waals surface area contributed by atoms with Crippen LogP contribution in [0.25, 0.3) is 0 Å². The molecule has 1 saturated heterocycles. The molecule has 27 heavy (non-hydrogen) atoms. The van der Waals surface area contributed by atoms with E-state index in [9.17, 15) is 18.0 Å². The van der Waals surface area contributed by atoms with Gasteiger partial charge >= 0.3 is 5.97 Å². The second-order valence-electron chi connectivity index (χ2n) is 6.35. The van der Waals surface area contributed by atoms with Gasteiger partial charge in [-0.1, -0.05) is 29.8 Å². The van der Waals surface area contributed by atoms with Gasteiger partial charge in [0.05, 0.1) is 17.6 Å². The van der Waals surface area contributed by atoms with Crippen molar-refractivity contribution in [1.29, 1.82) is 0 Å². The monoisotopic (exact) mass is 398 g/mol.